The Kier molecular flexibility index (Phi) is 2.04. The van der Waals surface area contributed by atoms with E-state index in [1.165, 1.54) is 0 Å². The number of nitrogen functional groups attached to an aromatic ring is 1. The second-order valence-electron chi connectivity index (χ2n) is 3.50. The number of nitrogens with one attached hydrogen (secondary N) is 1. The molecule has 0 fully saturated rings. The van der Waals surface area contributed by atoms with Gasteiger partial charge >= 0.3 is 0 Å². The van der Waals surface area contributed by atoms with E-state index in [2.05, 4.69) is 23.8 Å². The van der Waals surface area contributed by atoms with E-state index in [-0.39, 0.29) is 6.01 Å². The lowest BCUT2D eigenvalue weighted by molar-refractivity contribution is 0.590. The van der Waals surface area contributed by atoms with Crippen molar-refractivity contribution in [3.8, 4) is 11.5 Å². The van der Waals surface area contributed by atoms with Crippen LogP contribution < -0.4 is 5.73 Å². The smallest absolute Gasteiger partial charge is 0.292 e. The Morgan fingerprint density at radius 2 is 2.29 bits per heavy atom. The molecule has 2 rings (SSSR count). The fourth-order valence-electron chi connectivity index (χ4n) is 1.40. The van der Waals surface area contributed by atoms with Gasteiger partial charge in [0.15, 0.2) is 5.76 Å². The van der Waals surface area contributed by atoms with Crippen LogP contribution in [0.15, 0.2) is 22.7 Å². The number of rotatable bonds is 2. The Labute approximate surface area is 82.1 Å². The molecular formula is C10H13N3O. The highest BCUT2D eigenvalue weighted by Gasteiger charge is 2.16. The summed E-state index contributed by atoms with van der Waals surface area (Å²) in [5.41, 5.74) is 7.34. The second kappa shape index (κ2) is 3.21. The van der Waals surface area contributed by atoms with Gasteiger partial charge in [0.2, 0.25) is 0 Å². The van der Waals surface area contributed by atoms with Crippen LogP contribution in [0, 0.1) is 0 Å². The topological polar surface area (TPSA) is 67.8 Å². The van der Waals surface area contributed by atoms with E-state index in [0.29, 0.717) is 5.92 Å². The third kappa shape index (κ3) is 1.39. The lowest BCUT2D eigenvalue weighted by Gasteiger charge is -2.00. The largest absolute Gasteiger partial charge is 0.422 e. The summed E-state index contributed by atoms with van der Waals surface area (Å²) in [6, 6.07) is 4.07. The number of aromatic amines is 1. The molecule has 0 unspecified atom stereocenters. The molecular weight excluding hydrogens is 178 g/mol. The molecule has 0 saturated carbocycles. The van der Waals surface area contributed by atoms with Crippen LogP contribution in [0.2, 0.25) is 0 Å². The Bertz CT molecular complexity index is 415. The number of H-pyrrole nitrogens is 1. The standard InChI is InChI=1S/C10H13N3O/c1-6(2)8-9(14-10(11)13-8)7-4-3-5-12-7/h3-6,12H,1-2H3,(H2,11,13). The van der Waals surface area contributed by atoms with Crippen LogP contribution in [0.5, 0.6) is 0 Å². The van der Waals surface area contributed by atoms with E-state index in [1.54, 1.807) is 0 Å². The number of anilines is 1. The van der Waals surface area contributed by atoms with E-state index in [0.717, 1.165) is 17.1 Å². The quantitative estimate of drug-likeness (QED) is 0.765. The minimum absolute atomic E-state index is 0.221. The molecule has 4 nitrogen and oxygen atoms in total. The van der Waals surface area contributed by atoms with Crippen LogP contribution in [0.1, 0.15) is 25.5 Å². The predicted octanol–water partition coefficient (Wildman–Crippen LogP) is 2.38. The third-order valence-electron chi connectivity index (χ3n) is 2.06. The normalized spacial score (nSPS) is 11.1. The molecule has 0 bridgehead atoms. The van der Waals surface area contributed by atoms with Gasteiger partial charge in [-0.05, 0) is 18.1 Å². The van der Waals surface area contributed by atoms with Crippen molar-refractivity contribution in [1.82, 2.24) is 9.97 Å². The summed E-state index contributed by atoms with van der Waals surface area (Å²) in [6.45, 7) is 4.12. The van der Waals surface area contributed by atoms with Crippen molar-refractivity contribution in [1.29, 1.82) is 0 Å². The minimum Gasteiger partial charge on any atom is -0.422 e. The molecule has 0 atom stereocenters. The van der Waals surface area contributed by atoms with Gasteiger partial charge in [-0.15, -0.1) is 0 Å². The van der Waals surface area contributed by atoms with Gasteiger partial charge in [0.05, 0.1) is 11.4 Å². The SMILES string of the molecule is CC(C)c1nc(N)oc1-c1ccc[nH]1. The maximum Gasteiger partial charge on any atom is 0.292 e. The molecule has 0 radical (unpaired) electrons. The Morgan fingerprint density at radius 1 is 1.50 bits per heavy atom. The first-order chi connectivity index (χ1) is 6.68. The van der Waals surface area contributed by atoms with Crippen LogP contribution in [-0.4, -0.2) is 9.97 Å². The van der Waals surface area contributed by atoms with E-state index in [9.17, 15) is 0 Å². The lowest BCUT2D eigenvalue weighted by atomic mass is 10.1. The molecule has 14 heavy (non-hydrogen) atoms. The van der Waals surface area contributed by atoms with Gasteiger partial charge in [0.25, 0.3) is 6.01 Å². The van der Waals surface area contributed by atoms with Gasteiger partial charge in [-0.2, -0.15) is 4.98 Å². The van der Waals surface area contributed by atoms with Crippen LogP contribution in [0.3, 0.4) is 0 Å². The molecule has 0 aliphatic heterocycles. The van der Waals surface area contributed by atoms with Gasteiger partial charge in [0, 0.05) is 6.20 Å². The van der Waals surface area contributed by atoms with Crippen molar-refractivity contribution in [3.63, 3.8) is 0 Å². The summed E-state index contributed by atoms with van der Waals surface area (Å²) >= 11 is 0. The molecule has 2 heterocycles. The zero-order chi connectivity index (χ0) is 10.1. The number of oxazole rings is 1. The van der Waals surface area contributed by atoms with Gasteiger partial charge in [-0.1, -0.05) is 13.8 Å². The highest BCUT2D eigenvalue weighted by atomic mass is 16.4. The monoisotopic (exact) mass is 191 g/mol. The fraction of sp³-hybridized carbons (Fsp3) is 0.300. The fourth-order valence-corrected chi connectivity index (χ4v) is 1.40. The van der Waals surface area contributed by atoms with E-state index >= 15 is 0 Å². The molecule has 0 saturated heterocycles. The summed E-state index contributed by atoms with van der Waals surface area (Å²) in [5, 5.41) is 0. The summed E-state index contributed by atoms with van der Waals surface area (Å²) in [5.74, 6) is 1.04. The summed E-state index contributed by atoms with van der Waals surface area (Å²) in [7, 11) is 0. The first-order valence-electron chi connectivity index (χ1n) is 4.58. The van der Waals surface area contributed by atoms with Crippen LogP contribution in [0.4, 0.5) is 6.01 Å². The lowest BCUT2D eigenvalue weighted by Crippen LogP contribution is -1.91. The molecule has 3 N–H and O–H groups in total. The number of hydrogen-bond donors (Lipinski definition) is 2. The van der Waals surface area contributed by atoms with Crippen LogP contribution in [-0.2, 0) is 0 Å². The average Bonchev–Trinajstić information content (AvgIpc) is 2.70. The maximum atomic E-state index is 5.53. The van der Waals surface area contributed by atoms with Crippen molar-refractivity contribution < 1.29 is 4.42 Å². The van der Waals surface area contributed by atoms with Gasteiger partial charge in [-0.3, -0.25) is 0 Å². The highest BCUT2D eigenvalue weighted by Crippen LogP contribution is 2.29. The molecule has 0 aliphatic rings. The van der Waals surface area contributed by atoms with Gasteiger partial charge in [-0.25, -0.2) is 0 Å². The molecule has 74 valence electrons. The van der Waals surface area contributed by atoms with E-state index in [1.807, 2.05) is 18.3 Å². The first kappa shape index (κ1) is 8.87. The van der Waals surface area contributed by atoms with Crippen molar-refractivity contribution >= 4 is 6.01 Å². The van der Waals surface area contributed by atoms with Crippen molar-refractivity contribution in [2.24, 2.45) is 0 Å². The Balaban J connectivity index is 2.52. The molecule has 0 aliphatic carbocycles. The molecule has 2 aromatic rings. The van der Waals surface area contributed by atoms with E-state index in [4.69, 9.17) is 10.2 Å². The molecule has 0 aromatic carbocycles. The molecule has 4 heteroatoms. The van der Waals surface area contributed by atoms with E-state index < -0.39 is 0 Å². The summed E-state index contributed by atoms with van der Waals surface area (Å²) in [4.78, 5) is 7.23. The zero-order valence-corrected chi connectivity index (χ0v) is 8.24. The number of aromatic nitrogens is 2. The number of nitrogens with zero attached hydrogens (tertiary/aromatic N) is 1. The Morgan fingerprint density at radius 3 is 2.86 bits per heavy atom. The maximum absolute atomic E-state index is 5.53. The number of nitrogens with two attached hydrogens (primary N) is 1. The predicted molar refractivity (Wildman–Crippen MR) is 54.8 cm³/mol. The van der Waals surface area contributed by atoms with Gasteiger partial charge in [0.1, 0.15) is 0 Å². The zero-order valence-electron chi connectivity index (χ0n) is 8.24. The molecule has 2 aromatic heterocycles. The second-order valence-corrected chi connectivity index (χ2v) is 3.50. The third-order valence-corrected chi connectivity index (χ3v) is 2.06. The van der Waals surface area contributed by atoms with Crippen LogP contribution in [0.25, 0.3) is 11.5 Å². The van der Waals surface area contributed by atoms with Crippen molar-refractivity contribution in [3.05, 3.63) is 24.0 Å². The summed E-state index contributed by atoms with van der Waals surface area (Å²) in [6.07, 6.45) is 1.85. The van der Waals surface area contributed by atoms with Crippen molar-refractivity contribution in [2.45, 2.75) is 19.8 Å². The number of hydrogen-bond acceptors (Lipinski definition) is 3. The first-order valence-corrected chi connectivity index (χ1v) is 4.58. The summed E-state index contributed by atoms with van der Waals surface area (Å²) < 4.78 is 5.36. The minimum atomic E-state index is 0.221. The average molecular weight is 191 g/mol. The van der Waals surface area contributed by atoms with Gasteiger partial charge < -0.3 is 15.1 Å². The Hall–Kier alpha value is -1.71. The molecule has 0 spiro atoms. The highest BCUT2D eigenvalue weighted by molar-refractivity contribution is 5.57. The molecule has 0 amide bonds. The van der Waals surface area contributed by atoms with Crippen LogP contribution >= 0.6 is 0 Å². The van der Waals surface area contributed by atoms with Crippen molar-refractivity contribution in [2.75, 3.05) is 5.73 Å².